The first kappa shape index (κ1) is 10.9. The number of nitrogens with one attached hydrogen (secondary N) is 1. The van der Waals surface area contributed by atoms with E-state index in [0.717, 1.165) is 38.0 Å². The molecule has 0 unspecified atom stereocenters. The fraction of sp³-hybridized carbons (Fsp3) is 0.308. The average Bonchev–Trinajstić information content (AvgIpc) is 2.38. The molecule has 1 heterocycles. The van der Waals surface area contributed by atoms with Gasteiger partial charge in [-0.05, 0) is 23.8 Å². The monoisotopic (exact) mass is 216 g/mol. The highest BCUT2D eigenvalue weighted by molar-refractivity contribution is 5.74. The second-order valence-corrected chi connectivity index (χ2v) is 3.82. The minimum Gasteiger partial charge on any atom is -0.369 e. The van der Waals surface area contributed by atoms with Crippen LogP contribution in [0.25, 0.3) is 6.08 Å². The van der Waals surface area contributed by atoms with E-state index >= 15 is 0 Å². The van der Waals surface area contributed by atoms with E-state index in [1.807, 2.05) is 18.2 Å². The summed E-state index contributed by atoms with van der Waals surface area (Å²) in [7, 11) is 0. The van der Waals surface area contributed by atoms with E-state index in [4.69, 9.17) is 0 Å². The largest absolute Gasteiger partial charge is 0.369 e. The van der Waals surface area contributed by atoms with Gasteiger partial charge in [0.25, 0.3) is 0 Å². The number of hydrogen-bond acceptors (Lipinski definition) is 3. The Balaban J connectivity index is 2.05. The molecule has 1 aromatic carbocycles. The zero-order chi connectivity index (χ0) is 11.2. The summed E-state index contributed by atoms with van der Waals surface area (Å²) in [5, 5.41) is 3.33. The quantitative estimate of drug-likeness (QED) is 0.610. The van der Waals surface area contributed by atoms with Gasteiger partial charge in [0.05, 0.1) is 0 Å². The molecule has 0 amide bonds. The lowest BCUT2D eigenvalue weighted by molar-refractivity contribution is -0.104. The van der Waals surface area contributed by atoms with Gasteiger partial charge in [0.15, 0.2) is 0 Å². The molecule has 1 fully saturated rings. The number of rotatable bonds is 3. The molecule has 0 bridgehead atoms. The van der Waals surface area contributed by atoms with Gasteiger partial charge in [-0.2, -0.15) is 0 Å². The molecule has 0 spiro atoms. The molecule has 1 aromatic rings. The number of benzene rings is 1. The molecule has 16 heavy (non-hydrogen) atoms. The highest BCUT2D eigenvalue weighted by Gasteiger charge is 2.09. The molecule has 1 N–H and O–H groups in total. The Labute approximate surface area is 95.8 Å². The summed E-state index contributed by atoms with van der Waals surface area (Å²) in [4.78, 5) is 12.6. The molecular weight excluding hydrogens is 200 g/mol. The summed E-state index contributed by atoms with van der Waals surface area (Å²) < 4.78 is 0. The van der Waals surface area contributed by atoms with Crippen LogP contribution in [0.5, 0.6) is 0 Å². The van der Waals surface area contributed by atoms with Crippen LogP contribution in [0.4, 0.5) is 5.69 Å². The summed E-state index contributed by atoms with van der Waals surface area (Å²) in [6.07, 6.45) is 4.12. The van der Waals surface area contributed by atoms with Crippen molar-refractivity contribution in [2.24, 2.45) is 0 Å². The zero-order valence-electron chi connectivity index (χ0n) is 9.23. The van der Waals surface area contributed by atoms with Gasteiger partial charge in [-0.15, -0.1) is 0 Å². The van der Waals surface area contributed by atoms with Gasteiger partial charge in [0.1, 0.15) is 6.29 Å². The SMILES string of the molecule is O=CC=Cc1ccc(N2CCNCC2)cc1. The molecule has 0 saturated carbocycles. The lowest BCUT2D eigenvalue weighted by Gasteiger charge is -2.29. The van der Waals surface area contributed by atoms with Crippen LogP contribution in [0.3, 0.4) is 0 Å². The van der Waals surface area contributed by atoms with Crippen molar-refractivity contribution in [3.63, 3.8) is 0 Å². The highest BCUT2D eigenvalue weighted by atomic mass is 16.1. The normalized spacial score (nSPS) is 16.6. The Morgan fingerprint density at radius 3 is 2.44 bits per heavy atom. The molecule has 3 nitrogen and oxygen atoms in total. The minimum absolute atomic E-state index is 0.796. The van der Waals surface area contributed by atoms with Gasteiger partial charge < -0.3 is 10.2 Å². The Kier molecular flexibility index (Phi) is 3.72. The van der Waals surface area contributed by atoms with E-state index in [1.54, 1.807) is 0 Å². The number of carbonyl (C=O) groups is 1. The van der Waals surface area contributed by atoms with Crippen molar-refractivity contribution in [3.8, 4) is 0 Å². The average molecular weight is 216 g/mol. The minimum atomic E-state index is 0.796. The smallest absolute Gasteiger partial charge is 0.142 e. The van der Waals surface area contributed by atoms with E-state index in [1.165, 1.54) is 11.8 Å². The second-order valence-electron chi connectivity index (χ2n) is 3.82. The van der Waals surface area contributed by atoms with E-state index in [9.17, 15) is 4.79 Å². The Morgan fingerprint density at radius 2 is 1.81 bits per heavy atom. The Bertz CT molecular complexity index is 364. The van der Waals surface area contributed by atoms with Crippen LogP contribution >= 0.6 is 0 Å². The lowest BCUT2D eigenvalue weighted by atomic mass is 10.1. The maximum atomic E-state index is 10.2. The number of hydrogen-bond donors (Lipinski definition) is 1. The zero-order valence-corrected chi connectivity index (χ0v) is 9.23. The van der Waals surface area contributed by atoms with Crippen molar-refractivity contribution in [2.45, 2.75) is 0 Å². The first-order valence-electron chi connectivity index (χ1n) is 5.58. The maximum Gasteiger partial charge on any atom is 0.142 e. The van der Waals surface area contributed by atoms with Crippen molar-refractivity contribution in [1.82, 2.24) is 5.32 Å². The first-order valence-corrected chi connectivity index (χ1v) is 5.58. The van der Waals surface area contributed by atoms with E-state index in [-0.39, 0.29) is 0 Å². The van der Waals surface area contributed by atoms with Crippen LogP contribution in [0.2, 0.25) is 0 Å². The van der Waals surface area contributed by atoms with Crippen molar-refractivity contribution in [3.05, 3.63) is 35.9 Å². The van der Waals surface area contributed by atoms with Crippen molar-refractivity contribution >= 4 is 18.0 Å². The molecule has 84 valence electrons. The summed E-state index contributed by atoms with van der Waals surface area (Å²) in [6, 6.07) is 8.29. The molecule has 0 aliphatic carbocycles. The summed E-state index contributed by atoms with van der Waals surface area (Å²) in [5.74, 6) is 0. The summed E-state index contributed by atoms with van der Waals surface area (Å²) in [5.41, 5.74) is 2.32. The van der Waals surface area contributed by atoms with Gasteiger partial charge in [0.2, 0.25) is 0 Å². The third-order valence-corrected chi connectivity index (χ3v) is 2.74. The molecule has 1 saturated heterocycles. The number of anilines is 1. The van der Waals surface area contributed by atoms with Crippen molar-refractivity contribution < 1.29 is 4.79 Å². The van der Waals surface area contributed by atoms with Gasteiger partial charge in [-0.25, -0.2) is 0 Å². The number of aldehydes is 1. The third kappa shape index (κ3) is 2.70. The third-order valence-electron chi connectivity index (χ3n) is 2.74. The van der Waals surface area contributed by atoms with E-state index in [2.05, 4.69) is 22.3 Å². The van der Waals surface area contributed by atoms with Gasteiger partial charge >= 0.3 is 0 Å². The number of piperazine rings is 1. The number of carbonyl (C=O) groups excluding carboxylic acids is 1. The predicted octanol–water partition coefficient (Wildman–Crippen LogP) is 1.31. The predicted molar refractivity (Wildman–Crippen MR) is 66.6 cm³/mol. The van der Waals surface area contributed by atoms with Crippen LogP contribution in [0, 0.1) is 0 Å². The summed E-state index contributed by atoms with van der Waals surface area (Å²) >= 11 is 0. The molecule has 0 atom stereocenters. The fourth-order valence-electron chi connectivity index (χ4n) is 1.87. The molecule has 1 aliphatic rings. The maximum absolute atomic E-state index is 10.2. The van der Waals surface area contributed by atoms with Crippen LogP contribution in [0.15, 0.2) is 30.3 Å². The Morgan fingerprint density at radius 1 is 1.12 bits per heavy atom. The lowest BCUT2D eigenvalue weighted by Crippen LogP contribution is -2.43. The first-order chi connectivity index (χ1) is 7.90. The number of allylic oxidation sites excluding steroid dienone is 1. The second kappa shape index (κ2) is 5.47. The fourth-order valence-corrected chi connectivity index (χ4v) is 1.87. The summed E-state index contributed by atoms with van der Waals surface area (Å²) in [6.45, 7) is 4.21. The van der Waals surface area contributed by atoms with Gasteiger partial charge in [-0.1, -0.05) is 18.2 Å². The van der Waals surface area contributed by atoms with Crippen molar-refractivity contribution in [1.29, 1.82) is 0 Å². The Hall–Kier alpha value is -1.61. The van der Waals surface area contributed by atoms with Crippen LogP contribution in [-0.2, 0) is 4.79 Å². The molecule has 3 heteroatoms. The topological polar surface area (TPSA) is 32.3 Å². The van der Waals surface area contributed by atoms with Gasteiger partial charge in [0, 0.05) is 31.9 Å². The van der Waals surface area contributed by atoms with Crippen LogP contribution in [0.1, 0.15) is 5.56 Å². The molecule has 0 aromatic heterocycles. The molecular formula is C13H16N2O. The molecule has 0 radical (unpaired) electrons. The van der Waals surface area contributed by atoms with E-state index in [0.29, 0.717) is 0 Å². The molecule has 2 rings (SSSR count). The van der Waals surface area contributed by atoms with Crippen molar-refractivity contribution in [2.75, 3.05) is 31.1 Å². The highest BCUT2D eigenvalue weighted by Crippen LogP contribution is 2.16. The molecule has 1 aliphatic heterocycles. The van der Waals surface area contributed by atoms with Crippen LogP contribution < -0.4 is 10.2 Å². The van der Waals surface area contributed by atoms with Gasteiger partial charge in [-0.3, -0.25) is 4.79 Å². The number of nitrogens with zero attached hydrogens (tertiary/aromatic N) is 1. The van der Waals surface area contributed by atoms with Crippen LogP contribution in [-0.4, -0.2) is 32.5 Å². The van der Waals surface area contributed by atoms with E-state index < -0.39 is 0 Å². The standard InChI is InChI=1S/C13H16N2O/c16-11-1-2-12-3-5-13(6-4-12)15-9-7-14-8-10-15/h1-6,11,14H,7-10H2.